The maximum absolute atomic E-state index is 13.5. The number of rotatable bonds is 5. The van der Waals surface area contributed by atoms with Crippen molar-refractivity contribution in [3.05, 3.63) is 69.4 Å². The average molecular weight is 437 g/mol. The molecule has 4 rings (SSSR count). The second-order valence-electron chi connectivity index (χ2n) is 8.90. The maximum atomic E-state index is 13.5. The quantitative estimate of drug-likeness (QED) is 0.577. The van der Waals surface area contributed by atoms with E-state index in [1.54, 1.807) is 4.68 Å². The highest BCUT2D eigenvalue weighted by Gasteiger charge is 2.27. The van der Waals surface area contributed by atoms with E-state index in [1.165, 1.54) is 0 Å². The third-order valence-electron chi connectivity index (χ3n) is 6.34. The number of carbonyl (C=O) groups is 1. The lowest BCUT2D eigenvalue weighted by molar-refractivity contribution is -0.0652. The summed E-state index contributed by atoms with van der Waals surface area (Å²) < 4.78 is 11.2. The number of nitrogens with zero attached hydrogens (tertiary/aromatic N) is 4. The van der Waals surface area contributed by atoms with Gasteiger partial charge in [0.15, 0.2) is 5.78 Å². The number of ether oxygens (including phenoxy) is 1. The normalized spacial score (nSPS) is 19.4. The van der Waals surface area contributed by atoms with E-state index in [1.807, 2.05) is 87.3 Å². The molecule has 0 bridgehead atoms. The van der Waals surface area contributed by atoms with Crippen LogP contribution in [-0.4, -0.2) is 56.5 Å². The van der Waals surface area contributed by atoms with Crippen molar-refractivity contribution >= 4 is 5.78 Å². The van der Waals surface area contributed by atoms with Crippen LogP contribution in [0.3, 0.4) is 0 Å². The zero-order valence-corrected chi connectivity index (χ0v) is 19.8. The van der Waals surface area contributed by atoms with Crippen LogP contribution in [0, 0.1) is 20.8 Å². The Morgan fingerprint density at radius 2 is 1.66 bits per heavy atom. The summed E-state index contributed by atoms with van der Waals surface area (Å²) in [6.07, 6.45) is 0.227. The van der Waals surface area contributed by atoms with E-state index in [9.17, 15) is 9.59 Å². The maximum Gasteiger partial charge on any atom is 0.295 e. The van der Waals surface area contributed by atoms with Gasteiger partial charge in [-0.15, -0.1) is 0 Å². The summed E-state index contributed by atoms with van der Waals surface area (Å²) in [7, 11) is 1.88. The van der Waals surface area contributed by atoms with Crippen LogP contribution in [0.1, 0.15) is 41.3 Å². The molecule has 3 aromatic rings. The van der Waals surface area contributed by atoms with Crippen LogP contribution in [0.25, 0.3) is 11.4 Å². The third-order valence-corrected chi connectivity index (χ3v) is 6.34. The first kappa shape index (κ1) is 22.3. The summed E-state index contributed by atoms with van der Waals surface area (Å²) in [6, 6.07) is 11.5. The molecule has 0 amide bonds. The molecule has 1 aromatic carbocycles. The topological polar surface area (TPSA) is 61.4 Å². The minimum absolute atomic E-state index is 0.0719. The molecule has 1 fully saturated rings. The molecule has 0 N–H and O–H groups in total. The number of aryl methyl sites for hydroxylation is 1. The first-order valence-corrected chi connectivity index (χ1v) is 11.1. The largest absolute Gasteiger partial charge is 0.373 e. The standard InChI is InChI=1S/C25H32N4O3/c1-16-12-22(23(30)15-27-13-17(2)32-18(3)14-27)19(4)28(16)24-20(5)26(6)29(25(24)31)21-10-8-7-9-11-21/h7-12,17-18H,13-15H2,1-6H3/t17-,18-/m0/s1. The van der Waals surface area contributed by atoms with Crippen LogP contribution in [0.4, 0.5) is 0 Å². The molecule has 2 aromatic heterocycles. The highest BCUT2D eigenvalue weighted by molar-refractivity contribution is 5.99. The van der Waals surface area contributed by atoms with E-state index >= 15 is 0 Å². The molecule has 0 unspecified atom stereocenters. The van der Waals surface area contributed by atoms with Crippen molar-refractivity contribution in [2.75, 3.05) is 19.6 Å². The first-order valence-electron chi connectivity index (χ1n) is 11.1. The number of Topliss-reactive ketones (excluding diaryl/α,β-unsaturated/α-hetero) is 1. The second kappa shape index (κ2) is 8.56. The summed E-state index contributed by atoms with van der Waals surface area (Å²) >= 11 is 0. The molecular formula is C25H32N4O3. The fraction of sp³-hybridized carbons (Fsp3) is 0.440. The number of hydrogen-bond donors (Lipinski definition) is 0. The van der Waals surface area contributed by atoms with Gasteiger partial charge >= 0.3 is 0 Å². The Hall–Kier alpha value is -2.90. The number of hydrogen-bond acceptors (Lipinski definition) is 4. The lowest BCUT2D eigenvalue weighted by Gasteiger charge is -2.34. The van der Waals surface area contributed by atoms with Gasteiger partial charge in [0.25, 0.3) is 5.56 Å². The summed E-state index contributed by atoms with van der Waals surface area (Å²) in [6.45, 7) is 11.7. The molecule has 7 heteroatoms. The average Bonchev–Trinajstić information content (AvgIpc) is 3.13. The summed E-state index contributed by atoms with van der Waals surface area (Å²) in [5.41, 5.74) is 4.47. The highest BCUT2D eigenvalue weighted by Crippen LogP contribution is 2.23. The molecule has 0 radical (unpaired) electrons. The number of carbonyl (C=O) groups excluding carboxylic acids is 1. The van der Waals surface area contributed by atoms with Gasteiger partial charge in [-0.2, -0.15) is 0 Å². The second-order valence-corrected chi connectivity index (χ2v) is 8.90. The van der Waals surface area contributed by atoms with Crippen LogP contribution >= 0.6 is 0 Å². The van der Waals surface area contributed by atoms with Gasteiger partial charge in [-0.1, -0.05) is 18.2 Å². The smallest absolute Gasteiger partial charge is 0.295 e. The number of morpholine rings is 1. The van der Waals surface area contributed by atoms with Crippen molar-refractivity contribution in [3.63, 3.8) is 0 Å². The van der Waals surface area contributed by atoms with Crippen molar-refractivity contribution in [2.45, 2.75) is 46.8 Å². The molecular weight excluding hydrogens is 404 g/mol. The van der Waals surface area contributed by atoms with Crippen molar-refractivity contribution in [1.82, 2.24) is 18.8 Å². The molecule has 1 aliphatic heterocycles. The van der Waals surface area contributed by atoms with Crippen LogP contribution < -0.4 is 5.56 Å². The predicted octanol–water partition coefficient (Wildman–Crippen LogP) is 3.18. The Morgan fingerprint density at radius 3 is 2.28 bits per heavy atom. The number of benzene rings is 1. The number of ketones is 1. The minimum Gasteiger partial charge on any atom is -0.373 e. The Morgan fingerprint density at radius 1 is 1.03 bits per heavy atom. The van der Waals surface area contributed by atoms with Crippen LogP contribution in [0.2, 0.25) is 0 Å². The monoisotopic (exact) mass is 436 g/mol. The van der Waals surface area contributed by atoms with Gasteiger partial charge < -0.3 is 9.30 Å². The molecule has 0 spiro atoms. The Labute approximate surface area is 188 Å². The van der Waals surface area contributed by atoms with E-state index in [4.69, 9.17) is 4.74 Å². The first-order chi connectivity index (χ1) is 15.2. The van der Waals surface area contributed by atoms with Gasteiger partial charge in [-0.25, -0.2) is 4.68 Å². The van der Waals surface area contributed by atoms with Crippen molar-refractivity contribution < 1.29 is 9.53 Å². The van der Waals surface area contributed by atoms with Gasteiger partial charge in [-0.05, 0) is 52.8 Å². The fourth-order valence-electron chi connectivity index (χ4n) is 4.90. The SMILES string of the molecule is Cc1cc(C(=O)CN2C[C@H](C)O[C@@H](C)C2)c(C)n1-c1c(C)n(C)n(-c2ccccc2)c1=O. The number of para-hydroxylation sites is 1. The van der Waals surface area contributed by atoms with Gasteiger partial charge in [0.2, 0.25) is 0 Å². The van der Waals surface area contributed by atoms with E-state index in [-0.39, 0.29) is 23.6 Å². The number of aromatic nitrogens is 3. The molecule has 0 saturated carbocycles. The predicted molar refractivity (Wildman–Crippen MR) is 125 cm³/mol. The molecule has 170 valence electrons. The van der Waals surface area contributed by atoms with E-state index < -0.39 is 0 Å². The lowest BCUT2D eigenvalue weighted by Crippen LogP contribution is -2.47. The third kappa shape index (κ3) is 3.87. The zero-order chi connectivity index (χ0) is 23.2. The summed E-state index contributed by atoms with van der Waals surface area (Å²) in [4.78, 5) is 28.9. The molecule has 32 heavy (non-hydrogen) atoms. The molecule has 1 aliphatic rings. The molecule has 2 atom stereocenters. The van der Waals surface area contributed by atoms with E-state index in [0.717, 1.165) is 35.9 Å². The fourth-order valence-corrected chi connectivity index (χ4v) is 4.90. The highest BCUT2D eigenvalue weighted by atomic mass is 16.5. The van der Waals surface area contributed by atoms with Gasteiger partial charge in [0.1, 0.15) is 5.69 Å². The summed E-state index contributed by atoms with van der Waals surface area (Å²) in [5.74, 6) is 0.0719. The molecule has 3 heterocycles. The van der Waals surface area contributed by atoms with E-state index in [0.29, 0.717) is 17.8 Å². The minimum atomic E-state index is -0.104. The van der Waals surface area contributed by atoms with Crippen LogP contribution in [0.15, 0.2) is 41.2 Å². The van der Waals surface area contributed by atoms with Crippen LogP contribution in [-0.2, 0) is 11.8 Å². The lowest BCUT2D eigenvalue weighted by atomic mass is 10.1. The van der Waals surface area contributed by atoms with Crippen molar-refractivity contribution in [2.24, 2.45) is 7.05 Å². The Kier molecular flexibility index (Phi) is 5.97. The molecule has 0 aliphatic carbocycles. The van der Waals surface area contributed by atoms with E-state index in [2.05, 4.69) is 4.90 Å². The summed E-state index contributed by atoms with van der Waals surface area (Å²) in [5, 5.41) is 0. The molecule has 1 saturated heterocycles. The zero-order valence-electron chi connectivity index (χ0n) is 19.8. The van der Waals surface area contributed by atoms with Crippen LogP contribution in [0.5, 0.6) is 0 Å². The van der Waals surface area contributed by atoms with Crippen molar-refractivity contribution in [3.8, 4) is 11.4 Å². The van der Waals surface area contributed by atoms with Gasteiger partial charge in [0, 0.05) is 37.1 Å². The Balaban J connectivity index is 1.72. The Bertz CT molecular complexity index is 1190. The van der Waals surface area contributed by atoms with Gasteiger partial charge in [0.05, 0.1) is 30.1 Å². The molecule has 7 nitrogen and oxygen atoms in total. The van der Waals surface area contributed by atoms with Gasteiger partial charge in [-0.3, -0.25) is 19.2 Å². The van der Waals surface area contributed by atoms with Crippen molar-refractivity contribution in [1.29, 1.82) is 0 Å².